The average molecular weight is 420 g/mol. The molecule has 2 nitrogen and oxygen atoms in total. The molecular weight excluding hydrogens is 385 g/mol. The summed E-state index contributed by atoms with van der Waals surface area (Å²) < 4.78 is 13.7. The van der Waals surface area contributed by atoms with E-state index >= 15 is 0 Å². The van der Waals surface area contributed by atoms with Gasteiger partial charge in [-0.1, -0.05) is 64.0 Å². The van der Waals surface area contributed by atoms with Crippen LogP contribution in [0.2, 0.25) is 0 Å². The van der Waals surface area contributed by atoms with Crippen LogP contribution in [0.4, 0.5) is 4.39 Å². The number of hydrogen-bond acceptors (Lipinski definition) is 1. The maximum Gasteiger partial charge on any atom is 0.251 e. The fourth-order valence-electron chi connectivity index (χ4n) is 4.23. The molecule has 1 saturated carbocycles. The second kappa shape index (κ2) is 10.1. The Morgan fingerprint density at radius 3 is 2.32 bits per heavy atom. The lowest BCUT2D eigenvalue weighted by molar-refractivity contribution is 0.0886. The van der Waals surface area contributed by atoms with E-state index in [2.05, 4.69) is 37.9 Å². The molecule has 164 valence electrons. The Hall–Kier alpha value is -2.60. The zero-order valence-corrected chi connectivity index (χ0v) is 19.1. The predicted molar refractivity (Wildman–Crippen MR) is 125 cm³/mol. The summed E-state index contributed by atoms with van der Waals surface area (Å²) in [6.45, 7) is 7.62. The zero-order chi connectivity index (χ0) is 22.3. The van der Waals surface area contributed by atoms with E-state index in [0.717, 1.165) is 12.1 Å². The van der Waals surface area contributed by atoms with Crippen LogP contribution in [0.25, 0.3) is 0 Å². The van der Waals surface area contributed by atoms with Gasteiger partial charge in [-0.25, -0.2) is 4.39 Å². The van der Waals surface area contributed by atoms with Crippen LogP contribution in [0.15, 0.2) is 48.5 Å². The first kappa shape index (κ1) is 23.1. The Labute approximate surface area is 186 Å². The van der Waals surface area contributed by atoms with Gasteiger partial charge < -0.3 is 5.32 Å². The van der Waals surface area contributed by atoms with Gasteiger partial charge in [0.15, 0.2) is 0 Å². The van der Waals surface area contributed by atoms with Gasteiger partial charge in [0.1, 0.15) is 5.82 Å². The van der Waals surface area contributed by atoms with E-state index in [4.69, 9.17) is 0 Å². The third kappa shape index (κ3) is 6.96. The Morgan fingerprint density at radius 1 is 1.00 bits per heavy atom. The molecule has 3 heteroatoms. The van der Waals surface area contributed by atoms with E-state index < -0.39 is 0 Å². The molecule has 0 bridgehead atoms. The lowest BCUT2D eigenvalue weighted by Crippen LogP contribution is -2.39. The van der Waals surface area contributed by atoms with Crippen molar-refractivity contribution < 1.29 is 9.18 Å². The summed E-state index contributed by atoms with van der Waals surface area (Å²) in [5.41, 5.74) is 2.31. The molecule has 0 unspecified atom stereocenters. The van der Waals surface area contributed by atoms with Crippen LogP contribution in [-0.2, 0) is 0 Å². The number of carbonyl (C=O) groups excluding carboxylic acids is 1. The maximum absolute atomic E-state index is 13.7. The number of hydrogen-bond donors (Lipinski definition) is 1. The molecule has 1 fully saturated rings. The van der Waals surface area contributed by atoms with Crippen molar-refractivity contribution in [2.75, 3.05) is 6.54 Å². The maximum atomic E-state index is 13.7. The topological polar surface area (TPSA) is 29.1 Å². The molecule has 0 saturated heterocycles. The highest BCUT2D eigenvalue weighted by molar-refractivity contribution is 5.94. The third-order valence-corrected chi connectivity index (χ3v) is 6.31. The van der Waals surface area contributed by atoms with E-state index in [-0.39, 0.29) is 17.1 Å². The highest BCUT2D eigenvalue weighted by Crippen LogP contribution is 2.42. The molecule has 2 aromatic rings. The number of halogens is 1. The molecule has 1 amide bonds. The molecular formula is C28H34FNO. The van der Waals surface area contributed by atoms with Gasteiger partial charge in [-0.3, -0.25) is 4.79 Å². The summed E-state index contributed by atoms with van der Waals surface area (Å²) in [7, 11) is 0. The van der Waals surface area contributed by atoms with Crippen molar-refractivity contribution in [2.24, 2.45) is 10.8 Å². The Balaban J connectivity index is 1.61. The summed E-state index contributed by atoms with van der Waals surface area (Å²) in [5.74, 6) is 5.46. The minimum absolute atomic E-state index is 0.0330. The van der Waals surface area contributed by atoms with Crippen molar-refractivity contribution in [3.8, 4) is 11.8 Å². The molecule has 0 aliphatic heterocycles. The van der Waals surface area contributed by atoms with Gasteiger partial charge in [0.05, 0.1) is 5.56 Å². The van der Waals surface area contributed by atoms with Gasteiger partial charge in [0, 0.05) is 17.7 Å². The molecule has 3 rings (SSSR count). The van der Waals surface area contributed by atoms with Crippen molar-refractivity contribution >= 4 is 5.91 Å². The Bertz CT molecular complexity index is 937. The van der Waals surface area contributed by atoms with E-state index in [9.17, 15) is 9.18 Å². The molecule has 0 heterocycles. The van der Waals surface area contributed by atoms with Crippen LogP contribution < -0.4 is 5.32 Å². The summed E-state index contributed by atoms with van der Waals surface area (Å²) in [6, 6.07) is 13.7. The average Bonchev–Trinajstić information content (AvgIpc) is 2.76. The predicted octanol–water partition coefficient (Wildman–Crippen LogP) is 6.73. The second-order valence-electron chi connectivity index (χ2n) is 10.1. The first-order valence-electron chi connectivity index (χ1n) is 11.4. The molecule has 31 heavy (non-hydrogen) atoms. The third-order valence-electron chi connectivity index (χ3n) is 6.31. The minimum Gasteiger partial charge on any atom is -0.351 e. The standard InChI is InChI=1S/C28H34FNO/c1-27(2,3)19-20-28(17-7-4-8-18-28)21-30-26(31)24-15-12-22(13-16-24)11-14-23-9-5-6-10-25(23)29/h5-6,9-10,12-13,15-16H,4,7-8,17-21H2,1-3H3,(H,30,31). The summed E-state index contributed by atoms with van der Waals surface area (Å²) >= 11 is 0. The van der Waals surface area contributed by atoms with Crippen molar-refractivity contribution in [1.29, 1.82) is 0 Å². The summed E-state index contributed by atoms with van der Waals surface area (Å²) in [4.78, 5) is 12.8. The smallest absolute Gasteiger partial charge is 0.251 e. The van der Waals surface area contributed by atoms with Crippen LogP contribution in [0.5, 0.6) is 0 Å². The quantitative estimate of drug-likeness (QED) is 0.535. The van der Waals surface area contributed by atoms with Crippen LogP contribution in [0, 0.1) is 28.5 Å². The summed E-state index contributed by atoms with van der Waals surface area (Å²) in [6.07, 6.45) is 8.58. The van der Waals surface area contributed by atoms with Crippen LogP contribution >= 0.6 is 0 Å². The summed E-state index contributed by atoms with van der Waals surface area (Å²) in [5, 5.41) is 3.21. The van der Waals surface area contributed by atoms with Gasteiger partial charge in [0.2, 0.25) is 0 Å². The molecule has 2 aromatic carbocycles. The number of rotatable bonds is 5. The molecule has 0 aromatic heterocycles. The van der Waals surface area contributed by atoms with Crippen molar-refractivity contribution in [3.05, 3.63) is 71.0 Å². The van der Waals surface area contributed by atoms with Crippen LogP contribution in [0.3, 0.4) is 0 Å². The van der Waals surface area contributed by atoms with E-state index in [1.54, 1.807) is 30.3 Å². The van der Waals surface area contributed by atoms with E-state index in [0.29, 0.717) is 16.5 Å². The first-order valence-corrected chi connectivity index (χ1v) is 11.4. The van der Waals surface area contributed by atoms with Gasteiger partial charge >= 0.3 is 0 Å². The van der Waals surface area contributed by atoms with Crippen molar-refractivity contribution in [3.63, 3.8) is 0 Å². The van der Waals surface area contributed by atoms with E-state index in [1.165, 1.54) is 51.0 Å². The molecule has 1 N–H and O–H groups in total. The SMILES string of the molecule is CC(C)(C)CCC1(CNC(=O)c2ccc(C#Cc3ccccc3F)cc2)CCCCC1. The zero-order valence-electron chi connectivity index (χ0n) is 19.1. The lowest BCUT2D eigenvalue weighted by atomic mass is 9.68. The molecule has 1 aliphatic rings. The number of carbonyl (C=O) groups is 1. The first-order chi connectivity index (χ1) is 14.8. The fourth-order valence-corrected chi connectivity index (χ4v) is 4.23. The second-order valence-corrected chi connectivity index (χ2v) is 10.1. The Morgan fingerprint density at radius 2 is 1.68 bits per heavy atom. The normalized spacial score (nSPS) is 15.6. The van der Waals surface area contributed by atoms with Gasteiger partial charge in [0.25, 0.3) is 5.91 Å². The molecule has 0 atom stereocenters. The monoisotopic (exact) mass is 419 g/mol. The van der Waals surface area contributed by atoms with Crippen LogP contribution in [-0.4, -0.2) is 12.5 Å². The van der Waals surface area contributed by atoms with E-state index in [1.807, 2.05) is 12.1 Å². The van der Waals surface area contributed by atoms with Gasteiger partial charge in [-0.05, 0) is 72.9 Å². The molecule has 0 spiro atoms. The number of amides is 1. The lowest BCUT2D eigenvalue weighted by Gasteiger charge is -2.39. The minimum atomic E-state index is -0.325. The molecule has 1 aliphatic carbocycles. The number of nitrogens with one attached hydrogen (secondary N) is 1. The molecule has 0 radical (unpaired) electrons. The largest absolute Gasteiger partial charge is 0.351 e. The fraction of sp³-hybridized carbons (Fsp3) is 0.464. The van der Waals surface area contributed by atoms with Gasteiger partial charge in [-0.15, -0.1) is 0 Å². The van der Waals surface area contributed by atoms with Crippen molar-refractivity contribution in [1.82, 2.24) is 5.32 Å². The van der Waals surface area contributed by atoms with Crippen molar-refractivity contribution in [2.45, 2.75) is 65.7 Å². The van der Waals surface area contributed by atoms with Gasteiger partial charge in [-0.2, -0.15) is 0 Å². The number of benzene rings is 2. The van der Waals surface area contributed by atoms with Crippen LogP contribution in [0.1, 0.15) is 87.2 Å². The highest BCUT2D eigenvalue weighted by Gasteiger charge is 2.33. The Kier molecular flexibility index (Phi) is 7.55. The highest BCUT2D eigenvalue weighted by atomic mass is 19.1.